The highest BCUT2D eigenvalue weighted by Gasteiger charge is 2.04. The number of methoxy groups -OCH3 is 1. The summed E-state index contributed by atoms with van der Waals surface area (Å²) >= 11 is 3.48. The molecule has 0 radical (unpaired) electrons. The molecule has 2 nitrogen and oxygen atoms in total. The van der Waals surface area contributed by atoms with Gasteiger partial charge in [-0.15, -0.1) is 0 Å². The second-order valence-corrected chi connectivity index (χ2v) is 4.74. The van der Waals surface area contributed by atoms with Gasteiger partial charge in [-0.3, -0.25) is 0 Å². The minimum absolute atomic E-state index is 0.288. The molecular weight excluding hydrogens is 244 g/mol. The SMILES string of the molecule is COC(=O)c1ccc(CC(C)Br)cc1. The molecule has 0 fully saturated rings. The summed E-state index contributed by atoms with van der Waals surface area (Å²) in [5.74, 6) is -0.288. The Bertz CT molecular complexity index is 304. The molecule has 0 N–H and O–H groups in total. The highest BCUT2D eigenvalue weighted by Crippen LogP contribution is 2.11. The maximum absolute atomic E-state index is 11.1. The van der Waals surface area contributed by atoms with Gasteiger partial charge in [-0.2, -0.15) is 0 Å². The predicted octanol–water partition coefficient (Wildman–Crippen LogP) is 2.80. The predicted molar refractivity (Wildman–Crippen MR) is 59.9 cm³/mol. The molecule has 1 unspecified atom stereocenters. The highest BCUT2D eigenvalue weighted by molar-refractivity contribution is 9.09. The summed E-state index contributed by atoms with van der Waals surface area (Å²) in [5, 5.41) is 0. The van der Waals surface area contributed by atoms with Crippen molar-refractivity contribution in [1.82, 2.24) is 0 Å². The number of carbonyl (C=O) groups is 1. The summed E-state index contributed by atoms with van der Waals surface area (Å²) in [6, 6.07) is 7.47. The van der Waals surface area contributed by atoms with Crippen LogP contribution in [0.1, 0.15) is 22.8 Å². The van der Waals surface area contributed by atoms with Crippen LogP contribution in [0.2, 0.25) is 0 Å². The van der Waals surface area contributed by atoms with Crippen molar-refractivity contribution in [2.75, 3.05) is 7.11 Å². The number of esters is 1. The zero-order chi connectivity index (χ0) is 10.6. The molecule has 76 valence electrons. The molecule has 0 spiro atoms. The second-order valence-electron chi connectivity index (χ2n) is 3.17. The third-order valence-electron chi connectivity index (χ3n) is 1.89. The van der Waals surface area contributed by atoms with E-state index < -0.39 is 0 Å². The van der Waals surface area contributed by atoms with Gasteiger partial charge in [0, 0.05) is 4.83 Å². The molecule has 0 saturated carbocycles. The van der Waals surface area contributed by atoms with Crippen LogP contribution in [0.3, 0.4) is 0 Å². The molecule has 1 aromatic rings. The lowest BCUT2D eigenvalue weighted by atomic mass is 10.1. The van der Waals surface area contributed by atoms with E-state index in [2.05, 4.69) is 27.6 Å². The fourth-order valence-corrected chi connectivity index (χ4v) is 1.59. The molecule has 0 bridgehead atoms. The first kappa shape index (κ1) is 11.2. The smallest absolute Gasteiger partial charge is 0.337 e. The van der Waals surface area contributed by atoms with Crippen molar-refractivity contribution in [2.45, 2.75) is 18.2 Å². The summed E-state index contributed by atoms with van der Waals surface area (Å²) in [6.45, 7) is 2.09. The lowest BCUT2D eigenvalue weighted by molar-refractivity contribution is 0.0601. The third-order valence-corrected chi connectivity index (χ3v) is 2.22. The van der Waals surface area contributed by atoms with Crippen molar-refractivity contribution >= 4 is 21.9 Å². The minimum Gasteiger partial charge on any atom is -0.465 e. The van der Waals surface area contributed by atoms with E-state index in [4.69, 9.17) is 0 Å². The van der Waals surface area contributed by atoms with Crippen LogP contribution in [0.25, 0.3) is 0 Å². The zero-order valence-corrected chi connectivity index (χ0v) is 9.87. The second kappa shape index (κ2) is 5.15. The van der Waals surface area contributed by atoms with Crippen molar-refractivity contribution in [2.24, 2.45) is 0 Å². The number of hydrogen-bond acceptors (Lipinski definition) is 2. The van der Waals surface area contributed by atoms with E-state index in [1.54, 1.807) is 12.1 Å². The number of hydrogen-bond donors (Lipinski definition) is 0. The minimum atomic E-state index is -0.288. The maximum Gasteiger partial charge on any atom is 0.337 e. The van der Waals surface area contributed by atoms with Crippen LogP contribution in [0.4, 0.5) is 0 Å². The van der Waals surface area contributed by atoms with E-state index in [0.717, 1.165) is 6.42 Å². The molecule has 0 aliphatic carbocycles. The first-order valence-electron chi connectivity index (χ1n) is 4.45. The Kier molecular flexibility index (Phi) is 4.14. The van der Waals surface area contributed by atoms with Gasteiger partial charge in [-0.25, -0.2) is 4.79 Å². The molecule has 1 rings (SSSR count). The van der Waals surface area contributed by atoms with E-state index in [9.17, 15) is 4.79 Å². The normalized spacial score (nSPS) is 12.2. The molecular formula is C11H13BrO2. The topological polar surface area (TPSA) is 26.3 Å². The van der Waals surface area contributed by atoms with Gasteiger partial charge < -0.3 is 4.74 Å². The summed E-state index contributed by atoms with van der Waals surface area (Å²) in [5.41, 5.74) is 1.81. The molecule has 0 saturated heterocycles. The monoisotopic (exact) mass is 256 g/mol. The van der Waals surface area contributed by atoms with Crippen LogP contribution in [0, 0.1) is 0 Å². The average molecular weight is 257 g/mol. The Balaban J connectivity index is 2.73. The van der Waals surface area contributed by atoms with Crippen molar-refractivity contribution in [3.8, 4) is 0 Å². The van der Waals surface area contributed by atoms with Crippen molar-refractivity contribution in [1.29, 1.82) is 0 Å². The van der Waals surface area contributed by atoms with Crippen molar-refractivity contribution in [3.63, 3.8) is 0 Å². The molecule has 0 aliphatic rings. The van der Waals surface area contributed by atoms with Crippen LogP contribution in [0.5, 0.6) is 0 Å². The molecule has 14 heavy (non-hydrogen) atoms. The summed E-state index contributed by atoms with van der Waals surface area (Å²) in [4.78, 5) is 11.6. The van der Waals surface area contributed by atoms with Gasteiger partial charge in [-0.1, -0.05) is 35.0 Å². The van der Waals surface area contributed by atoms with Gasteiger partial charge in [0.2, 0.25) is 0 Å². The number of halogens is 1. The Labute approximate surface area is 92.4 Å². The van der Waals surface area contributed by atoms with Gasteiger partial charge in [-0.05, 0) is 24.1 Å². The van der Waals surface area contributed by atoms with E-state index in [1.807, 2.05) is 12.1 Å². The van der Waals surface area contributed by atoms with Crippen molar-refractivity contribution in [3.05, 3.63) is 35.4 Å². The van der Waals surface area contributed by atoms with Crippen LogP contribution >= 0.6 is 15.9 Å². The number of carbonyl (C=O) groups excluding carboxylic acids is 1. The Morgan fingerprint density at radius 3 is 2.43 bits per heavy atom. The van der Waals surface area contributed by atoms with E-state index in [-0.39, 0.29) is 5.97 Å². The molecule has 0 amide bonds. The maximum atomic E-state index is 11.1. The number of ether oxygens (including phenoxy) is 1. The van der Waals surface area contributed by atoms with Gasteiger partial charge >= 0.3 is 5.97 Å². The lowest BCUT2D eigenvalue weighted by Gasteiger charge is -2.04. The molecule has 0 aliphatic heterocycles. The van der Waals surface area contributed by atoms with Crippen molar-refractivity contribution < 1.29 is 9.53 Å². The summed E-state index contributed by atoms with van der Waals surface area (Å²) in [7, 11) is 1.39. The Morgan fingerprint density at radius 2 is 2.00 bits per heavy atom. The lowest BCUT2D eigenvalue weighted by Crippen LogP contribution is -2.02. The third kappa shape index (κ3) is 3.14. The standard InChI is InChI=1S/C11H13BrO2/c1-8(12)7-9-3-5-10(6-4-9)11(13)14-2/h3-6,8H,7H2,1-2H3. The first-order chi connectivity index (χ1) is 6.63. The zero-order valence-electron chi connectivity index (χ0n) is 8.29. The van der Waals surface area contributed by atoms with Crippen LogP contribution < -0.4 is 0 Å². The number of rotatable bonds is 3. The van der Waals surface area contributed by atoms with E-state index in [0.29, 0.717) is 10.4 Å². The molecule has 1 aromatic carbocycles. The van der Waals surface area contributed by atoms with Gasteiger partial charge in [0.25, 0.3) is 0 Å². The number of benzene rings is 1. The quantitative estimate of drug-likeness (QED) is 0.614. The largest absolute Gasteiger partial charge is 0.465 e. The van der Waals surface area contributed by atoms with Crippen LogP contribution in [-0.2, 0) is 11.2 Å². The van der Waals surface area contributed by atoms with Gasteiger partial charge in [0.15, 0.2) is 0 Å². The van der Waals surface area contributed by atoms with E-state index in [1.165, 1.54) is 12.7 Å². The van der Waals surface area contributed by atoms with Gasteiger partial charge in [0.05, 0.1) is 12.7 Å². The Morgan fingerprint density at radius 1 is 1.43 bits per heavy atom. The number of alkyl halides is 1. The molecule has 0 heterocycles. The fraction of sp³-hybridized carbons (Fsp3) is 0.364. The molecule has 3 heteroatoms. The Hall–Kier alpha value is -0.830. The van der Waals surface area contributed by atoms with E-state index >= 15 is 0 Å². The van der Waals surface area contributed by atoms with Crippen LogP contribution in [0.15, 0.2) is 24.3 Å². The van der Waals surface area contributed by atoms with Gasteiger partial charge in [0.1, 0.15) is 0 Å². The fourth-order valence-electron chi connectivity index (χ4n) is 1.22. The average Bonchev–Trinajstić information content (AvgIpc) is 2.17. The first-order valence-corrected chi connectivity index (χ1v) is 5.36. The molecule has 0 aromatic heterocycles. The highest BCUT2D eigenvalue weighted by atomic mass is 79.9. The molecule has 1 atom stereocenters. The summed E-state index contributed by atoms with van der Waals surface area (Å²) in [6.07, 6.45) is 0.960. The summed E-state index contributed by atoms with van der Waals surface area (Å²) < 4.78 is 4.61. The van der Waals surface area contributed by atoms with Crippen LogP contribution in [-0.4, -0.2) is 17.9 Å².